The van der Waals surface area contributed by atoms with Crippen molar-refractivity contribution in [3.8, 4) is 0 Å². The fraction of sp³-hybridized carbons (Fsp3) is 0.400. The minimum absolute atomic E-state index is 0.0277. The second-order valence-corrected chi connectivity index (χ2v) is 4.31. The van der Waals surface area contributed by atoms with E-state index in [9.17, 15) is 0 Å². The predicted molar refractivity (Wildman–Crippen MR) is 60.5 cm³/mol. The highest BCUT2D eigenvalue weighted by Crippen LogP contribution is 2.11. The van der Waals surface area contributed by atoms with E-state index in [0.717, 1.165) is 12.0 Å². The Kier molecular flexibility index (Phi) is 4.69. The molecule has 1 rings (SSSR count). The summed E-state index contributed by atoms with van der Waals surface area (Å²) < 4.78 is 1.20. The van der Waals surface area contributed by atoms with E-state index in [0.29, 0.717) is 0 Å². The maximum atomic E-state index is 8.88. The van der Waals surface area contributed by atoms with Crippen LogP contribution < -0.4 is 0 Å². The lowest BCUT2D eigenvalue weighted by molar-refractivity contribution is 0.150. The number of aliphatic hydroxyl groups is 2. The van der Waals surface area contributed by atoms with Crippen LogP contribution in [0.25, 0.3) is 0 Å². The smallest absolute Gasteiger partial charge is 0.0484 e. The van der Waals surface area contributed by atoms with Crippen molar-refractivity contribution in [1.29, 1.82) is 0 Å². The zero-order valence-corrected chi connectivity index (χ0v) is 9.44. The topological polar surface area (TPSA) is 40.5 Å². The Bertz CT molecular complexity index is 242. The monoisotopic (exact) mass is 292 g/mol. The molecule has 0 spiro atoms. The van der Waals surface area contributed by atoms with Crippen molar-refractivity contribution in [2.75, 3.05) is 13.2 Å². The zero-order chi connectivity index (χ0) is 9.68. The molecule has 2 N–H and O–H groups in total. The third-order valence-electron chi connectivity index (χ3n) is 1.95. The molecule has 2 nitrogen and oxygen atoms in total. The molecule has 13 heavy (non-hydrogen) atoms. The Labute approximate surface area is 91.7 Å². The van der Waals surface area contributed by atoms with Crippen LogP contribution in [-0.4, -0.2) is 23.4 Å². The molecule has 0 aromatic heterocycles. The third kappa shape index (κ3) is 3.62. The summed E-state index contributed by atoms with van der Waals surface area (Å²) in [4.78, 5) is 0. The van der Waals surface area contributed by atoms with Gasteiger partial charge >= 0.3 is 0 Å². The average Bonchev–Trinajstić information content (AvgIpc) is 2.17. The summed E-state index contributed by atoms with van der Waals surface area (Å²) in [5.74, 6) is -0.0277. The fourth-order valence-corrected chi connectivity index (χ4v) is 1.50. The molecular weight excluding hydrogens is 279 g/mol. The molecule has 0 aliphatic heterocycles. The van der Waals surface area contributed by atoms with Crippen molar-refractivity contribution < 1.29 is 10.2 Å². The van der Waals surface area contributed by atoms with E-state index in [4.69, 9.17) is 10.2 Å². The van der Waals surface area contributed by atoms with Crippen LogP contribution in [-0.2, 0) is 6.42 Å². The third-order valence-corrected chi connectivity index (χ3v) is 2.67. The van der Waals surface area contributed by atoms with Crippen LogP contribution in [0.15, 0.2) is 24.3 Å². The van der Waals surface area contributed by atoms with Gasteiger partial charge in [0.2, 0.25) is 0 Å². The van der Waals surface area contributed by atoms with E-state index < -0.39 is 0 Å². The first-order valence-electron chi connectivity index (χ1n) is 4.22. The molecule has 3 heteroatoms. The molecule has 1 aromatic rings. The summed E-state index contributed by atoms with van der Waals surface area (Å²) in [6, 6.07) is 8.11. The maximum absolute atomic E-state index is 8.88. The molecule has 72 valence electrons. The first-order valence-corrected chi connectivity index (χ1v) is 5.30. The van der Waals surface area contributed by atoms with Gasteiger partial charge in [0.1, 0.15) is 0 Å². The Morgan fingerprint density at radius 3 is 2.08 bits per heavy atom. The van der Waals surface area contributed by atoms with Gasteiger partial charge in [0.15, 0.2) is 0 Å². The lowest BCUT2D eigenvalue weighted by Crippen LogP contribution is -2.13. The molecule has 0 atom stereocenters. The summed E-state index contributed by atoms with van der Waals surface area (Å²) >= 11 is 2.25. The Morgan fingerprint density at radius 2 is 1.62 bits per heavy atom. The van der Waals surface area contributed by atoms with Crippen molar-refractivity contribution in [1.82, 2.24) is 0 Å². The quantitative estimate of drug-likeness (QED) is 0.824. The van der Waals surface area contributed by atoms with E-state index in [1.54, 1.807) is 0 Å². The Balaban J connectivity index is 2.58. The van der Waals surface area contributed by atoms with Crippen LogP contribution in [0.1, 0.15) is 5.56 Å². The molecule has 0 aliphatic carbocycles. The lowest BCUT2D eigenvalue weighted by Gasteiger charge is -2.10. The Morgan fingerprint density at radius 1 is 1.08 bits per heavy atom. The summed E-state index contributed by atoms with van der Waals surface area (Å²) in [5, 5.41) is 17.8. The number of halogens is 1. The van der Waals surface area contributed by atoms with E-state index in [1.165, 1.54) is 3.57 Å². The highest BCUT2D eigenvalue weighted by molar-refractivity contribution is 14.1. The summed E-state index contributed by atoms with van der Waals surface area (Å²) in [6.45, 7) is 0.0883. The number of hydrogen-bond donors (Lipinski definition) is 2. The molecule has 0 saturated heterocycles. The van der Waals surface area contributed by atoms with Crippen LogP contribution in [0.2, 0.25) is 0 Å². The minimum atomic E-state index is -0.0277. The van der Waals surface area contributed by atoms with Crippen LogP contribution in [0.3, 0.4) is 0 Å². The lowest BCUT2D eigenvalue weighted by atomic mass is 10.0. The largest absolute Gasteiger partial charge is 0.396 e. The first-order chi connectivity index (χ1) is 6.26. The van der Waals surface area contributed by atoms with Gasteiger partial charge < -0.3 is 10.2 Å². The molecule has 0 amide bonds. The molecule has 0 fully saturated rings. The molecule has 1 aromatic carbocycles. The van der Waals surface area contributed by atoms with E-state index in [1.807, 2.05) is 24.3 Å². The highest BCUT2D eigenvalue weighted by atomic mass is 127. The van der Waals surface area contributed by atoms with Gasteiger partial charge in [0.25, 0.3) is 0 Å². The van der Waals surface area contributed by atoms with Gasteiger partial charge in [-0.15, -0.1) is 0 Å². The predicted octanol–water partition coefficient (Wildman–Crippen LogP) is 1.43. The summed E-state index contributed by atoms with van der Waals surface area (Å²) in [7, 11) is 0. The molecule has 0 aliphatic rings. The highest BCUT2D eigenvalue weighted by Gasteiger charge is 2.06. The van der Waals surface area contributed by atoms with Gasteiger partial charge in [-0.1, -0.05) is 12.1 Å². The zero-order valence-electron chi connectivity index (χ0n) is 7.28. The van der Waals surface area contributed by atoms with Gasteiger partial charge in [-0.05, 0) is 46.7 Å². The number of aliphatic hydroxyl groups excluding tert-OH is 2. The van der Waals surface area contributed by atoms with Crippen molar-refractivity contribution in [2.24, 2.45) is 5.92 Å². The van der Waals surface area contributed by atoms with Gasteiger partial charge in [-0.25, -0.2) is 0 Å². The van der Waals surface area contributed by atoms with E-state index in [-0.39, 0.29) is 19.1 Å². The first kappa shape index (κ1) is 10.9. The molecule has 0 saturated carbocycles. The van der Waals surface area contributed by atoms with Gasteiger partial charge in [-0.2, -0.15) is 0 Å². The van der Waals surface area contributed by atoms with Crippen LogP contribution in [0, 0.1) is 9.49 Å². The number of rotatable bonds is 4. The van der Waals surface area contributed by atoms with Gasteiger partial charge in [-0.3, -0.25) is 0 Å². The number of benzene rings is 1. The van der Waals surface area contributed by atoms with Crippen molar-refractivity contribution in [3.05, 3.63) is 33.4 Å². The van der Waals surface area contributed by atoms with Crippen LogP contribution >= 0.6 is 22.6 Å². The van der Waals surface area contributed by atoms with Crippen molar-refractivity contribution >= 4 is 22.6 Å². The Hall–Kier alpha value is -0.130. The normalized spacial score (nSPS) is 10.8. The fourth-order valence-electron chi connectivity index (χ4n) is 1.14. The standard InChI is InChI=1S/C10H13IO2/c11-10-3-1-8(2-4-10)5-9(6-12)7-13/h1-4,9,12-13H,5-7H2. The molecule has 0 unspecified atom stereocenters. The van der Waals surface area contributed by atoms with E-state index in [2.05, 4.69) is 22.6 Å². The second-order valence-electron chi connectivity index (χ2n) is 3.06. The van der Waals surface area contributed by atoms with E-state index >= 15 is 0 Å². The van der Waals surface area contributed by atoms with Gasteiger partial charge in [0.05, 0.1) is 0 Å². The van der Waals surface area contributed by atoms with Crippen LogP contribution in [0.4, 0.5) is 0 Å². The summed E-state index contributed by atoms with van der Waals surface area (Å²) in [6.07, 6.45) is 0.740. The van der Waals surface area contributed by atoms with Crippen molar-refractivity contribution in [3.63, 3.8) is 0 Å². The SMILES string of the molecule is OCC(CO)Cc1ccc(I)cc1. The second kappa shape index (κ2) is 5.57. The maximum Gasteiger partial charge on any atom is 0.0484 e. The average molecular weight is 292 g/mol. The molecule has 0 radical (unpaired) electrons. The molecular formula is C10H13IO2. The minimum Gasteiger partial charge on any atom is -0.396 e. The van der Waals surface area contributed by atoms with Crippen molar-refractivity contribution in [2.45, 2.75) is 6.42 Å². The summed E-state index contributed by atoms with van der Waals surface area (Å²) in [5.41, 5.74) is 1.16. The van der Waals surface area contributed by atoms with Crippen LogP contribution in [0.5, 0.6) is 0 Å². The molecule has 0 heterocycles. The molecule has 0 bridgehead atoms. The number of hydrogen-bond acceptors (Lipinski definition) is 2. The van der Waals surface area contributed by atoms with Gasteiger partial charge in [0, 0.05) is 22.7 Å².